The number of rotatable bonds is 11. The molecule has 0 aromatic heterocycles. The number of nitrogens with zero attached hydrogens (tertiary/aromatic N) is 2. The first-order valence-corrected chi connectivity index (χ1v) is 13.2. The number of aliphatic imine (C=N–C) groups is 2. The molecular weight excluding hydrogens is 432 g/mol. The van der Waals surface area contributed by atoms with Crippen LogP contribution in [0.5, 0.6) is 0 Å². The summed E-state index contributed by atoms with van der Waals surface area (Å²) in [6.07, 6.45) is 16.2. The van der Waals surface area contributed by atoms with E-state index in [0.717, 1.165) is 25.7 Å². The summed E-state index contributed by atoms with van der Waals surface area (Å²) in [4.78, 5) is 31.4. The highest BCUT2D eigenvalue weighted by atomic mass is 16.2. The van der Waals surface area contributed by atoms with Crippen LogP contribution < -0.4 is 32.7 Å². The van der Waals surface area contributed by atoms with Crippen LogP contribution in [0.1, 0.15) is 89.9 Å². The molecule has 0 atom stereocenters. The van der Waals surface area contributed by atoms with E-state index in [1.54, 1.807) is 0 Å². The van der Waals surface area contributed by atoms with Crippen molar-refractivity contribution in [3.05, 3.63) is 0 Å². The average molecular weight is 479 g/mol. The van der Waals surface area contributed by atoms with Gasteiger partial charge in [-0.1, -0.05) is 51.4 Å². The van der Waals surface area contributed by atoms with E-state index >= 15 is 0 Å². The van der Waals surface area contributed by atoms with Crippen LogP contribution >= 0.6 is 0 Å². The van der Waals surface area contributed by atoms with Gasteiger partial charge in [-0.2, -0.15) is 9.98 Å². The number of hydrogen-bond acceptors (Lipinski definition) is 2. The Kier molecular flexibility index (Phi) is 13.9. The Hall–Kier alpha value is -2.52. The van der Waals surface area contributed by atoms with E-state index in [0.29, 0.717) is 38.0 Å². The van der Waals surface area contributed by atoms with E-state index in [1.807, 2.05) is 0 Å². The van der Waals surface area contributed by atoms with Gasteiger partial charge < -0.3 is 32.7 Å². The molecule has 10 nitrogen and oxygen atoms in total. The second-order valence-corrected chi connectivity index (χ2v) is 9.64. The largest absolute Gasteiger partial charge is 0.370 e. The maximum atomic E-state index is 11.9. The van der Waals surface area contributed by atoms with Crippen molar-refractivity contribution in [1.82, 2.24) is 21.3 Å². The lowest BCUT2D eigenvalue weighted by atomic mass is 9.89. The molecule has 4 amide bonds. The minimum atomic E-state index is -0.372. The summed E-state index contributed by atoms with van der Waals surface area (Å²) in [6, 6.07) is -0.743. The fraction of sp³-hybridized carbons (Fsp3) is 0.833. The molecule has 2 saturated carbocycles. The lowest BCUT2D eigenvalue weighted by molar-refractivity contribution is 0.243. The number of guanidine groups is 2. The molecule has 0 heterocycles. The van der Waals surface area contributed by atoms with Crippen LogP contribution in [0.15, 0.2) is 9.98 Å². The molecule has 2 aliphatic carbocycles. The third kappa shape index (κ3) is 13.3. The predicted octanol–water partition coefficient (Wildman–Crippen LogP) is 2.94. The fourth-order valence-corrected chi connectivity index (χ4v) is 4.66. The van der Waals surface area contributed by atoms with Crippen LogP contribution in [0.3, 0.4) is 0 Å². The molecule has 10 heteroatoms. The predicted molar refractivity (Wildman–Crippen MR) is 138 cm³/mol. The standard InChI is InChI=1S/C24H46N8O2/c25-21(31-23(33)29-17-19-11-5-3-6-12-19)27-15-9-1-2-10-16-28-22(26)32-24(34)30-18-20-13-7-4-8-14-20/h19-20H,1-18H2,(H4,25,27,29,31,33)(H4,26,28,30,32,34). The normalized spacial score (nSPS) is 18.4. The number of carbonyl (C=O) groups excluding carboxylic acids is 2. The van der Waals surface area contributed by atoms with Crippen molar-refractivity contribution in [3.63, 3.8) is 0 Å². The maximum absolute atomic E-state index is 11.9. The minimum absolute atomic E-state index is 0.161. The van der Waals surface area contributed by atoms with E-state index in [-0.39, 0.29) is 24.0 Å². The van der Waals surface area contributed by atoms with Crippen LogP contribution in [0.25, 0.3) is 0 Å². The van der Waals surface area contributed by atoms with E-state index in [2.05, 4.69) is 31.3 Å². The van der Waals surface area contributed by atoms with Crippen LogP contribution in [0.4, 0.5) is 9.59 Å². The number of hydrogen-bond donors (Lipinski definition) is 6. The molecule has 0 saturated heterocycles. The average Bonchev–Trinajstić information content (AvgIpc) is 2.84. The molecule has 2 rings (SSSR count). The Morgan fingerprint density at radius 1 is 0.588 bits per heavy atom. The van der Waals surface area contributed by atoms with Gasteiger partial charge in [-0.3, -0.25) is 0 Å². The maximum Gasteiger partial charge on any atom is 0.344 e. The summed E-state index contributed by atoms with van der Waals surface area (Å²) >= 11 is 0. The SMILES string of the molecule is NC(=NC(=O)NCC1CCCCC1)NCCCCCCNC(N)=NC(=O)NCC1CCCCC1. The number of unbranched alkanes of at least 4 members (excludes halogenated alkanes) is 3. The second kappa shape index (κ2) is 17.0. The van der Waals surface area contributed by atoms with Crippen molar-refractivity contribution >= 4 is 24.0 Å². The molecule has 0 radical (unpaired) electrons. The summed E-state index contributed by atoms with van der Waals surface area (Å²) in [5.41, 5.74) is 11.6. The van der Waals surface area contributed by atoms with E-state index in [4.69, 9.17) is 11.5 Å². The molecule has 2 fully saturated rings. The molecule has 8 N–H and O–H groups in total. The number of nitrogens with two attached hydrogens (primary N) is 2. The first-order valence-electron chi connectivity index (χ1n) is 13.2. The van der Waals surface area contributed by atoms with Crippen LogP contribution in [0.2, 0.25) is 0 Å². The molecule has 2 aliphatic rings. The van der Waals surface area contributed by atoms with Crippen molar-refractivity contribution < 1.29 is 9.59 Å². The topological polar surface area (TPSA) is 159 Å². The van der Waals surface area contributed by atoms with Crippen LogP contribution in [0, 0.1) is 11.8 Å². The Morgan fingerprint density at radius 3 is 1.35 bits per heavy atom. The van der Waals surface area contributed by atoms with E-state index in [9.17, 15) is 9.59 Å². The second-order valence-electron chi connectivity index (χ2n) is 9.64. The van der Waals surface area contributed by atoms with Crippen molar-refractivity contribution in [2.45, 2.75) is 89.9 Å². The molecule has 0 spiro atoms. The zero-order chi connectivity index (χ0) is 24.4. The lowest BCUT2D eigenvalue weighted by Gasteiger charge is -2.21. The Morgan fingerprint density at radius 2 is 0.971 bits per heavy atom. The van der Waals surface area contributed by atoms with Crippen LogP contribution in [-0.2, 0) is 0 Å². The van der Waals surface area contributed by atoms with Gasteiger partial charge in [-0.05, 0) is 50.4 Å². The Balaban J connectivity index is 1.43. The van der Waals surface area contributed by atoms with Crippen LogP contribution in [-0.4, -0.2) is 50.2 Å². The third-order valence-electron chi connectivity index (χ3n) is 6.69. The lowest BCUT2D eigenvalue weighted by Crippen LogP contribution is -2.36. The number of carbonyl (C=O) groups is 2. The van der Waals surface area contributed by atoms with Gasteiger partial charge in [0.15, 0.2) is 11.9 Å². The molecular formula is C24H46N8O2. The summed E-state index contributed by atoms with van der Waals surface area (Å²) in [6.45, 7) is 2.71. The minimum Gasteiger partial charge on any atom is -0.370 e. The highest BCUT2D eigenvalue weighted by Crippen LogP contribution is 2.23. The monoisotopic (exact) mass is 478 g/mol. The number of amides is 4. The number of urea groups is 2. The summed E-state index contributed by atoms with van der Waals surface area (Å²) in [5, 5.41) is 11.7. The molecule has 0 aliphatic heterocycles. The molecule has 0 aromatic carbocycles. The summed E-state index contributed by atoms with van der Waals surface area (Å²) in [5.74, 6) is 1.46. The molecule has 0 aromatic rings. The smallest absolute Gasteiger partial charge is 0.344 e. The Labute approximate surface area is 204 Å². The van der Waals surface area contributed by atoms with Gasteiger partial charge in [0.2, 0.25) is 0 Å². The van der Waals surface area contributed by atoms with Crippen molar-refractivity contribution in [2.75, 3.05) is 26.2 Å². The van der Waals surface area contributed by atoms with Gasteiger partial charge >= 0.3 is 12.1 Å². The molecule has 194 valence electrons. The Bertz CT molecular complexity index is 599. The van der Waals surface area contributed by atoms with Crippen molar-refractivity contribution in [1.29, 1.82) is 0 Å². The molecule has 0 bridgehead atoms. The quantitative estimate of drug-likeness (QED) is 0.152. The van der Waals surface area contributed by atoms with Gasteiger partial charge in [0.05, 0.1) is 0 Å². The summed E-state index contributed by atoms with van der Waals surface area (Å²) < 4.78 is 0. The van der Waals surface area contributed by atoms with Crippen molar-refractivity contribution in [2.24, 2.45) is 33.3 Å². The highest BCUT2D eigenvalue weighted by Gasteiger charge is 2.15. The van der Waals surface area contributed by atoms with Gasteiger partial charge in [-0.15, -0.1) is 0 Å². The van der Waals surface area contributed by atoms with Gasteiger partial charge in [0.25, 0.3) is 0 Å². The third-order valence-corrected chi connectivity index (χ3v) is 6.69. The number of nitrogens with one attached hydrogen (secondary N) is 4. The zero-order valence-electron chi connectivity index (χ0n) is 20.7. The van der Waals surface area contributed by atoms with E-state index < -0.39 is 0 Å². The molecule has 34 heavy (non-hydrogen) atoms. The highest BCUT2D eigenvalue weighted by molar-refractivity contribution is 5.91. The van der Waals surface area contributed by atoms with Gasteiger partial charge in [-0.25, -0.2) is 9.59 Å². The van der Waals surface area contributed by atoms with Gasteiger partial charge in [0.1, 0.15) is 0 Å². The first-order chi connectivity index (χ1) is 16.5. The zero-order valence-corrected chi connectivity index (χ0v) is 20.7. The fourth-order valence-electron chi connectivity index (χ4n) is 4.66. The van der Waals surface area contributed by atoms with E-state index in [1.165, 1.54) is 64.2 Å². The first kappa shape index (κ1) is 27.7. The molecule has 0 unspecified atom stereocenters. The van der Waals surface area contributed by atoms with Gasteiger partial charge in [0, 0.05) is 26.2 Å². The summed E-state index contributed by atoms with van der Waals surface area (Å²) in [7, 11) is 0. The van der Waals surface area contributed by atoms with Crippen molar-refractivity contribution in [3.8, 4) is 0 Å².